The van der Waals surface area contributed by atoms with Gasteiger partial charge in [0.25, 0.3) is 17.4 Å². The van der Waals surface area contributed by atoms with Crippen LogP contribution in [0.15, 0.2) is 18.3 Å². The minimum absolute atomic E-state index is 0.371. The van der Waals surface area contributed by atoms with Crippen LogP contribution < -0.4 is 15.0 Å². The van der Waals surface area contributed by atoms with Crippen LogP contribution in [0.2, 0.25) is 0 Å². The molecular formula is C17H26N4O3. The first-order valence-electron chi connectivity index (χ1n) is 8.29. The van der Waals surface area contributed by atoms with Crippen molar-refractivity contribution in [2.45, 2.75) is 32.3 Å². The lowest BCUT2D eigenvalue weighted by atomic mass is 10.0. The second-order valence-electron chi connectivity index (χ2n) is 6.33. The number of hydrogen-bond donors (Lipinski definition) is 1. The molecule has 0 bridgehead atoms. The molecule has 1 atom stereocenters. The summed E-state index contributed by atoms with van der Waals surface area (Å²) >= 11 is 0. The summed E-state index contributed by atoms with van der Waals surface area (Å²) in [5.41, 5.74) is -1.57. The molecule has 1 aliphatic rings. The number of rotatable bonds is 7. The minimum atomic E-state index is -1.57. The van der Waals surface area contributed by atoms with Crippen LogP contribution in [-0.2, 0) is 9.59 Å². The third kappa shape index (κ3) is 3.67. The summed E-state index contributed by atoms with van der Waals surface area (Å²) < 4.78 is 5.78. The lowest BCUT2D eigenvalue weighted by Gasteiger charge is -2.38. The maximum atomic E-state index is 12.9. The highest BCUT2D eigenvalue weighted by Crippen LogP contribution is 2.36. The van der Waals surface area contributed by atoms with Crippen molar-refractivity contribution in [2.24, 2.45) is 0 Å². The summed E-state index contributed by atoms with van der Waals surface area (Å²) in [6.07, 6.45) is 3.40. The summed E-state index contributed by atoms with van der Waals surface area (Å²) in [7, 11) is 3.84. The van der Waals surface area contributed by atoms with Crippen LogP contribution in [0.3, 0.4) is 0 Å². The monoisotopic (exact) mass is 334 g/mol. The maximum absolute atomic E-state index is 12.9. The molecule has 1 aliphatic heterocycles. The predicted molar refractivity (Wildman–Crippen MR) is 92.1 cm³/mol. The fraction of sp³-hybridized carbons (Fsp3) is 0.588. The van der Waals surface area contributed by atoms with Crippen molar-refractivity contribution in [2.75, 3.05) is 38.6 Å². The second kappa shape index (κ2) is 7.61. The zero-order chi connectivity index (χ0) is 17.7. The van der Waals surface area contributed by atoms with Crippen LogP contribution >= 0.6 is 0 Å². The highest BCUT2D eigenvalue weighted by molar-refractivity contribution is 6.16. The zero-order valence-corrected chi connectivity index (χ0v) is 14.8. The number of anilines is 1. The number of aromatic nitrogens is 1. The van der Waals surface area contributed by atoms with Crippen LogP contribution in [-0.4, -0.2) is 61.0 Å². The number of likely N-dealkylation sites (N-methyl/N-ethyl adjacent to an activating group) is 1. The van der Waals surface area contributed by atoms with E-state index in [1.54, 1.807) is 23.2 Å². The van der Waals surface area contributed by atoms with Gasteiger partial charge in [0, 0.05) is 25.8 Å². The lowest BCUT2D eigenvalue weighted by Crippen LogP contribution is -2.62. The molecule has 0 radical (unpaired) electrons. The summed E-state index contributed by atoms with van der Waals surface area (Å²) in [4.78, 5) is 33.3. The summed E-state index contributed by atoms with van der Waals surface area (Å²) in [6, 6.07) is 3.47. The first-order valence-corrected chi connectivity index (χ1v) is 8.29. The Morgan fingerprint density at radius 3 is 2.88 bits per heavy atom. The Morgan fingerprint density at radius 2 is 2.21 bits per heavy atom. The standard InChI is InChI=1S/C17H26N4O3/c1-5-6-11-21-14-13(8-7-9-18-14)24-17(2,16(21)23)15(22)19-10-12-20(3)4/h7-9H,5-6,10-12H2,1-4H3,(H,19,22)/t17-/m1/s1. The van der Waals surface area contributed by atoms with Crippen LogP contribution in [0.4, 0.5) is 5.82 Å². The molecular weight excluding hydrogens is 308 g/mol. The topological polar surface area (TPSA) is 74.8 Å². The van der Waals surface area contributed by atoms with Crippen LogP contribution in [0.1, 0.15) is 26.7 Å². The number of carbonyl (C=O) groups excluding carboxylic acids is 2. The summed E-state index contributed by atoms with van der Waals surface area (Å²) in [5.74, 6) is 0.142. The number of nitrogens with zero attached hydrogens (tertiary/aromatic N) is 3. The molecule has 0 fully saturated rings. The van der Waals surface area contributed by atoms with Gasteiger partial charge in [0.1, 0.15) is 0 Å². The van der Waals surface area contributed by atoms with E-state index in [2.05, 4.69) is 17.2 Å². The van der Waals surface area contributed by atoms with Gasteiger partial charge in [0.05, 0.1) is 0 Å². The van der Waals surface area contributed by atoms with Gasteiger partial charge in [-0.1, -0.05) is 13.3 Å². The van der Waals surface area contributed by atoms with Gasteiger partial charge < -0.3 is 15.0 Å². The summed E-state index contributed by atoms with van der Waals surface area (Å²) in [6.45, 7) is 5.23. The van der Waals surface area contributed by atoms with Gasteiger partial charge in [-0.15, -0.1) is 0 Å². The third-order valence-electron chi connectivity index (χ3n) is 3.99. The van der Waals surface area contributed by atoms with Crippen molar-refractivity contribution in [3.8, 4) is 5.75 Å². The molecule has 1 N–H and O–H groups in total. The van der Waals surface area contributed by atoms with E-state index in [9.17, 15) is 9.59 Å². The fourth-order valence-electron chi connectivity index (χ4n) is 2.51. The number of nitrogens with one attached hydrogen (secondary N) is 1. The van der Waals surface area contributed by atoms with Crippen LogP contribution in [0.25, 0.3) is 0 Å². The molecule has 7 nitrogen and oxygen atoms in total. The number of carbonyl (C=O) groups is 2. The van der Waals surface area contributed by atoms with Gasteiger partial charge in [-0.2, -0.15) is 0 Å². The average Bonchev–Trinajstić information content (AvgIpc) is 2.55. The Kier molecular flexibility index (Phi) is 5.77. The molecule has 24 heavy (non-hydrogen) atoms. The molecule has 2 rings (SSSR count). The fourth-order valence-corrected chi connectivity index (χ4v) is 2.51. The third-order valence-corrected chi connectivity index (χ3v) is 3.99. The van der Waals surface area contributed by atoms with Crippen molar-refractivity contribution in [1.82, 2.24) is 15.2 Å². The molecule has 1 aromatic heterocycles. The number of fused-ring (bicyclic) bond motifs is 1. The van der Waals surface area contributed by atoms with Crippen molar-refractivity contribution in [3.05, 3.63) is 18.3 Å². The Labute approximate surface area is 143 Å². The van der Waals surface area contributed by atoms with E-state index in [0.717, 1.165) is 12.8 Å². The first kappa shape index (κ1) is 18.2. The molecule has 132 valence electrons. The molecule has 1 aromatic rings. The Balaban J connectivity index is 2.24. The molecule has 0 unspecified atom stereocenters. The van der Waals surface area contributed by atoms with E-state index < -0.39 is 11.5 Å². The highest BCUT2D eigenvalue weighted by atomic mass is 16.5. The van der Waals surface area contributed by atoms with Gasteiger partial charge >= 0.3 is 0 Å². The lowest BCUT2D eigenvalue weighted by molar-refractivity contribution is -0.148. The number of pyridine rings is 1. The van der Waals surface area contributed by atoms with Crippen molar-refractivity contribution in [1.29, 1.82) is 0 Å². The first-order chi connectivity index (χ1) is 11.4. The quantitative estimate of drug-likeness (QED) is 0.754. The molecule has 7 heteroatoms. The average molecular weight is 334 g/mol. The minimum Gasteiger partial charge on any atom is -0.464 e. The van der Waals surface area contributed by atoms with Crippen molar-refractivity contribution in [3.63, 3.8) is 0 Å². The summed E-state index contributed by atoms with van der Waals surface area (Å²) in [5, 5.41) is 2.79. The SMILES string of the molecule is CCCCN1C(=O)[C@@](C)(C(=O)NCCN(C)C)Oc2cccnc21. The number of unbranched alkanes of at least 4 members (excludes halogenated alkanes) is 1. The molecule has 2 amide bonds. The molecule has 0 saturated heterocycles. The normalized spacial score (nSPS) is 19.9. The number of amides is 2. The zero-order valence-electron chi connectivity index (χ0n) is 14.8. The van der Waals surface area contributed by atoms with Crippen LogP contribution in [0, 0.1) is 0 Å². The molecule has 0 aliphatic carbocycles. The van der Waals surface area contributed by atoms with E-state index >= 15 is 0 Å². The molecule has 0 aromatic carbocycles. The van der Waals surface area contributed by atoms with E-state index in [0.29, 0.717) is 31.2 Å². The van der Waals surface area contributed by atoms with Gasteiger partial charge in [-0.25, -0.2) is 4.98 Å². The van der Waals surface area contributed by atoms with Crippen LogP contribution in [0.5, 0.6) is 5.75 Å². The van der Waals surface area contributed by atoms with Gasteiger partial charge in [-0.05, 0) is 39.6 Å². The van der Waals surface area contributed by atoms with E-state index in [1.165, 1.54) is 6.92 Å². The second-order valence-corrected chi connectivity index (χ2v) is 6.33. The van der Waals surface area contributed by atoms with E-state index in [-0.39, 0.29) is 5.91 Å². The number of ether oxygens (including phenoxy) is 1. The Morgan fingerprint density at radius 1 is 1.46 bits per heavy atom. The predicted octanol–water partition coefficient (Wildman–Crippen LogP) is 1.04. The van der Waals surface area contributed by atoms with Crippen molar-refractivity contribution < 1.29 is 14.3 Å². The van der Waals surface area contributed by atoms with Crippen molar-refractivity contribution >= 4 is 17.6 Å². The maximum Gasteiger partial charge on any atom is 0.282 e. The van der Waals surface area contributed by atoms with E-state index in [4.69, 9.17) is 4.74 Å². The number of hydrogen-bond acceptors (Lipinski definition) is 5. The van der Waals surface area contributed by atoms with Gasteiger partial charge in [0.2, 0.25) is 0 Å². The van der Waals surface area contributed by atoms with Gasteiger partial charge in [-0.3, -0.25) is 14.5 Å². The Hall–Kier alpha value is -2.15. The largest absolute Gasteiger partial charge is 0.464 e. The highest BCUT2D eigenvalue weighted by Gasteiger charge is 2.50. The molecule has 0 saturated carbocycles. The molecule has 0 spiro atoms. The molecule has 2 heterocycles. The smallest absolute Gasteiger partial charge is 0.282 e. The Bertz CT molecular complexity index is 605. The van der Waals surface area contributed by atoms with Gasteiger partial charge in [0.15, 0.2) is 11.6 Å². The van der Waals surface area contributed by atoms with E-state index in [1.807, 2.05) is 19.0 Å².